The number of carbonyl (C=O) groups excluding carboxylic acids is 6. The average Bonchev–Trinajstić information content (AvgIpc) is 1.55. The number of aromatic nitrogens is 10. The third-order valence-electron chi connectivity index (χ3n) is 25.8. The summed E-state index contributed by atoms with van der Waals surface area (Å²) in [6.45, 7) is 33.0. The Morgan fingerprint density at radius 1 is 0.450 bits per heavy atom. The van der Waals surface area contributed by atoms with Gasteiger partial charge in [0.2, 0.25) is 0 Å². The Morgan fingerprint density at radius 2 is 0.760 bits per heavy atom. The van der Waals surface area contributed by atoms with Gasteiger partial charge in [0.25, 0.3) is 0 Å². The molecule has 0 amide bonds. The number of allylic oxidation sites excluding steroid dienone is 7. The van der Waals surface area contributed by atoms with Crippen molar-refractivity contribution in [3.8, 4) is 0 Å². The largest absolute Gasteiger partial charge is 0.478 e. The standard InChI is InChI=1S/C27H35N3O3.C18H25N3O3.C17H23N3O3.C16H21N3O3.C11H13N3O2.C9H13NO.H2/c1-6-30(20-9-11-33-12-10-20)24-15-22(19(4)27-23(24)16-28-29(27)5)25(31)8-7-21-18(3)13-17(2)14-26(21)32;1-5-21(13-6-8-24-9-7-13)16-10-14(18(22)23-4)12(2)17-15(16)11-19-20(17)3;1-4-20(12-5-7-23-8-6-12)15-9-13(17(21)22)11(2)16-14(15)10-18-19(16)3;1-10-12(16(20)21-3)8-14(13-9-17-19(2)15(10)13)18-11-4-6-22-7-5-11;1-6-7(11(15)16-3)4-9(12)8-5-13-14(2)10(6)8;1-6-3-7(2)8(5-10)9(11)4-6;/h13,15-16,20H,6-12,14H2,1-5H3;10-11,13H,5-9H2,1-4H3;9-10,12H,4-8H2,1-3H3,(H,21,22);8-9,11,18H,4-7H2,1-3H3;4-5H,12H2,1-3H3;3H,4-5,10H2,1-2H3;1H/i;;;;;;1+1. The van der Waals surface area contributed by atoms with Gasteiger partial charge in [-0.2, -0.15) is 25.5 Å². The molecule has 5 aromatic carbocycles. The van der Waals surface area contributed by atoms with Crippen molar-refractivity contribution in [2.45, 2.75) is 184 Å². The highest BCUT2D eigenvalue weighted by Gasteiger charge is 2.32. The van der Waals surface area contributed by atoms with E-state index in [-0.39, 0.29) is 36.7 Å². The van der Waals surface area contributed by atoms with E-state index in [0.29, 0.717) is 84.3 Å². The second kappa shape index (κ2) is 43.9. The van der Waals surface area contributed by atoms with Crippen LogP contribution in [0.2, 0.25) is 0 Å². The first kappa shape index (κ1) is 97.7. The molecule has 31 nitrogen and oxygen atoms in total. The van der Waals surface area contributed by atoms with Crippen LogP contribution in [0.4, 0.5) is 28.4 Å². The molecule has 2 aliphatic carbocycles. The maximum atomic E-state index is 13.5. The minimum atomic E-state index is -0.894. The number of esters is 3. The fourth-order valence-electron chi connectivity index (χ4n) is 19.1. The van der Waals surface area contributed by atoms with E-state index in [1.807, 2.05) is 150 Å². The molecule has 4 saturated heterocycles. The first-order valence-electron chi connectivity index (χ1n) is 44.7. The van der Waals surface area contributed by atoms with Crippen LogP contribution in [0.5, 0.6) is 0 Å². The molecular weight excluding hydrogens is 1640 g/mol. The zero-order chi connectivity index (χ0) is 93.5. The van der Waals surface area contributed by atoms with E-state index in [0.717, 1.165) is 268 Å². The lowest BCUT2D eigenvalue weighted by Crippen LogP contribution is -2.39. The van der Waals surface area contributed by atoms with Crippen LogP contribution in [0, 0.1) is 34.6 Å². The fourth-order valence-corrected chi connectivity index (χ4v) is 19.1. The van der Waals surface area contributed by atoms with Gasteiger partial charge in [-0.25, -0.2) is 19.2 Å². The quantitative estimate of drug-likeness (QED) is 0.0238. The molecule has 6 aliphatic rings. The van der Waals surface area contributed by atoms with E-state index in [4.69, 9.17) is 44.6 Å². The number of benzene rings is 5. The van der Waals surface area contributed by atoms with Crippen molar-refractivity contribution < 1.29 is 73.3 Å². The number of fused-ring (bicyclic) bond motifs is 5. The summed E-state index contributed by atoms with van der Waals surface area (Å²) < 4.78 is 45.5. The van der Waals surface area contributed by atoms with Crippen molar-refractivity contribution in [3.05, 3.63) is 163 Å². The number of nitrogens with two attached hydrogens (primary N) is 2. The summed E-state index contributed by atoms with van der Waals surface area (Å²) in [6.07, 6.45) is 22.9. The van der Waals surface area contributed by atoms with E-state index in [2.05, 4.69) is 78.4 Å². The molecule has 0 spiro atoms. The number of nitrogens with one attached hydrogen (secondary N) is 1. The lowest BCUT2D eigenvalue weighted by atomic mass is 9.88. The van der Waals surface area contributed by atoms with Crippen molar-refractivity contribution in [1.29, 1.82) is 0 Å². The number of rotatable bonds is 20. The van der Waals surface area contributed by atoms with Crippen LogP contribution in [0.1, 0.15) is 207 Å². The van der Waals surface area contributed by atoms with Gasteiger partial charge in [0.15, 0.2) is 17.3 Å². The van der Waals surface area contributed by atoms with Crippen molar-refractivity contribution >= 4 is 124 Å². The molecular formula is C98H132N16O15. The number of carboxylic acids is 1. The zero-order valence-corrected chi connectivity index (χ0v) is 78.8. The van der Waals surface area contributed by atoms with Gasteiger partial charge in [0.1, 0.15) is 0 Å². The molecule has 0 radical (unpaired) electrons. The second-order valence-corrected chi connectivity index (χ2v) is 33.9. The molecule has 0 atom stereocenters. The third-order valence-corrected chi connectivity index (χ3v) is 25.8. The van der Waals surface area contributed by atoms with Gasteiger partial charge < -0.3 is 69.7 Å². The number of anilines is 5. The minimum Gasteiger partial charge on any atom is -0.478 e. The van der Waals surface area contributed by atoms with Crippen LogP contribution in [-0.4, -0.2) is 220 Å². The third kappa shape index (κ3) is 21.7. The summed E-state index contributed by atoms with van der Waals surface area (Å²) in [5.74, 6) is -1.49. The molecule has 16 rings (SSSR count). The average molecular weight is 1780 g/mol. The van der Waals surface area contributed by atoms with E-state index in [1.54, 1.807) is 32.4 Å². The molecule has 9 heterocycles. The highest BCUT2D eigenvalue weighted by atomic mass is 16.5. The number of nitrogen functional groups attached to an aromatic ring is 1. The van der Waals surface area contributed by atoms with Crippen LogP contribution in [0.15, 0.2) is 107 Å². The Labute approximate surface area is 756 Å². The van der Waals surface area contributed by atoms with Crippen molar-refractivity contribution in [2.75, 3.05) is 126 Å². The lowest BCUT2D eigenvalue weighted by molar-refractivity contribution is -0.116. The molecule has 10 aromatic rings. The van der Waals surface area contributed by atoms with Crippen LogP contribution in [0.3, 0.4) is 0 Å². The van der Waals surface area contributed by atoms with E-state index in [1.165, 1.54) is 21.3 Å². The topological polar surface area (TPSA) is 367 Å². The molecule has 5 aromatic heterocycles. The summed E-state index contributed by atoms with van der Waals surface area (Å²) in [6, 6.07) is 10.9. The number of methoxy groups -OCH3 is 3. The summed E-state index contributed by atoms with van der Waals surface area (Å²) >= 11 is 0. The number of nitrogens with zero attached hydrogens (tertiary/aromatic N) is 13. The second-order valence-electron chi connectivity index (χ2n) is 33.9. The summed E-state index contributed by atoms with van der Waals surface area (Å²) in [7, 11) is 13.6. The Balaban J connectivity index is 0.000000166. The molecule has 31 heteroatoms. The minimum absolute atomic E-state index is 0. The van der Waals surface area contributed by atoms with Crippen molar-refractivity contribution in [2.24, 2.45) is 41.0 Å². The van der Waals surface area contributed by atoms with Gasteiger partial charge in [-0.1, -0.05) is 23.3 Å². The Hall–Kier alpha value is -11.9. The monoisotopic (exact) mass is 1770 g/mol. The van der Waals surface area contributed by atoms with Gasteiger partial charge >= 0.3 is 23.9 Å². The molecule has 0 bridgehead atoms. The Kier molecular flexibility index (Phi) is 33.3. The van der Waals surface area contributed by atoms with E-state index in [9.17, 15) is 38.7 Å². The Morgan fingerprint density at radius 3 is 1.12 bits per heavy atom. The summed E-state index contributed by atoms with van der Waals surface area (Å²) in [4.78, 5) is 91.9. The molecule has 0 unspecified atom stereocenters. The maximum absolute atomic E-state index is 13.5. The van der Waals surface area contributed by atoms with Crippen molar-refractivity contribution in [1.82, 2.24) is 48.9 Å². The maximum Gasteiger partial charge on any atom is 0.338 e. The predicted octanol–water partition coefficient (Wildman–Crippen LogP) is 15.3. The summed E-state index contributed by atoms with van der Waals surface area (Å²) in [5, 5.41) is 39.9. The molecule has 129 heavy (non-hydrogen) atoms. The number of carboxylic acid groups (broad SMARTS) is 1. The van der Waals surface area contributed by atoms with Gasteiger partial charge in [0, 0.05) is 226 Å². The van der Waals surface area contributed by atoms with Gasteiger partial charge in [-0.05, 0) is 216 Å². The zero-order valence-electron chi connectivity index (χ0n) is 78.8. The first-order chi connectivity index (χ1) is 61.7. The lowest BCUT2D eigenvalue weighted by Gasteiger charge is -2.36. The number of aromatic carboxylic acids is 1. The van der Waals surface area contributed by atoms with Crippen LogP contribution < -0.4 is 31.5 Å². The smallest absolute Gasteiger partial charge is 0.338 e. The van der Waals surface area contributed by atoms with E-state index >= 15 is 0 Å². The fraction of sp³-hybridized carbons (Fsp3) is 0.490. The Bertz CT molecular complexity index is 5960. The molecule has 0 saturated carbocycles. The number of Topliss-reactive ketones (excluding diaryl/α,β-unsaturated/α-hetero) is 3. The highest BCUT2D eigenvalue weighted by molar-refractivity contribution is 6.09. The molecule has 4 fully saturated rings. The number of aryl methyl sites for hydroxylation is 10. The molecule has 6 N–H and O–H groups in total. The summed E-state index contributed by atoms with van der Waals surface area (Å²) in [5.41, 5.74) is 33.5. The van der Waals surface area contributed by atoms with Crippen LogP contribution in [0.25, 0.3) is 54.5 Å². The van der Waals surface area contributed by atoms with E-state index < -0.39 is 5.97 Å². The number of hydrogen-bond donors (Lipinski definition) is 4. The highest BCUT2D eigenvalue weighted by Crippen LogP contribution is 2.41. The number of carbonyl (C=O) groups is 7. The van der Waals surface area contributed by atoms with Gasteiger partial charge in [-0.3, -0.25) is 37.8 Å². The molecule has 694 valence electrons. The van der Waals surface area contributed by atoms with Gasteiger partial charge in [-0.15, -0.1) is 0 Å². The SMILES string of the molecule is CC1=CC(C)=C(CN)C(=O)C1.CCN(c1cc(C(=O)CCC2=C(C)C=C(C)CC2=O)c(C)c2c1cnn2C)C1CCOCC1.CCN(c1cc(C(=O)O)c(C)c2c1cnn2C)C1CCOCC1.CCN(c1cc(C(=O)OC)c(C)c2c1cnn2C)C1CCOCC1.COC(=O)c1cc(N)c2cnn(C)c2c1C.COC(=O)c1cc(NC2CCOCC2)c2cnn(C)c2c1C.[2HH]. The van der Waals surface area contributed by atoms with Crippen molar-refractivity contribution in [3.63, 3.8) is 0 Å². The number of ether oxygens (including phenoxy) is 7. The first-order valence-corrected chi connectivity index (χ1v) is 44.7. The number of hydrogen-bond acceptors (Lipinski definition) is 25. The molecule has 4 aliphatic heterocycles. The van der Waals surface area contributed by atoms with Gasteiger partial charge in [0.05, 0.1) is 102 Å². The van der Waals surface area contributed by atoms with Crippen LogP contribution in [-0.2, 0) is 78.0 Å². The predicted molar refractivity (Wildman–Crippen MR) is 508 cm³/mol. The number of ketones is 3. The van der Waals surface area contributed by atoms with Crippen LogP contribution >= 0.6 is 0 Å². The normalized spacial score (nSPS) is 15.9.